The largest absolute Gasteiger partial charge is 0.418 e. The summed E-state index contributed by atoms with van der Waals surface area (Å²) in [5.74, 6) is 0.332. The number of sulfone groups is 1. The standard InChI is InChI=1S/C18H12F3N7O2S/c1-31(29,30)10-2-3-14(23-8-10)26-12-5-6-22-17-16(12)24-9-13(27-17)15-11(18(19,20)21)4-7-25-28-15/h2-9H,1H3,(H,22,23,26,27). The maximum absolute atomic E-state index is 13.3. The zero-order valence-corrected chi connectivity index (χ0v) is 16.5. The molecule has 0 aromatic carbocycles. The van der Waals surface area contributed by atoms with Crippen molar-refractivity contribution >= 4 is 32.5 Å². The highest BCUT2D eigenvalue weighted by molar-refractivity contribution is 7.90. The molecule has 4 heterocycles. The molecule has 0 amide bonds. The topological polar surface area (TPSA) is 124 Å². The first-order valence-corrected chi connectivity index (χ1v) is 10.5. The highest BCUT2D eigenvalue weighted by Crippen LogP contribution is 2.35. The van der Waals surface area contributed by atoms with Crippen molar-refractivity contribution < 1.29 is 21.6 Å². The molecule has 0 fully saturated rings. The van der Waals surface area contributed by atoms with E-state index in [4.69, 9.17) is 0 Å². The molecule has 4 aromatic heterocycles. The third kappa shape index (κ3) is 4.26. The monoisotopic (exact) mass is 447 g/mol. The molecule has 13 heteroatoms. The number of aromatic nitrogens is 6. The van der Waals surface area contributed by atoms with Crippen LogP contribution in [0.15, 0.2) is 53.9 Å². The molecule has 0 saturated carbocycles. The number of anilines is 2. The third-order valence-electron chi connectivity index (χ3n) is 4.14. The van der Waals surface area contributed by atoms with Crippen LogP contribution in [0, 0.1) is 0 Å². The van der Waals surface area contributed by atoms with Crippen LogP contribution >= 0.6 is 0 Å². The minimum absolute atomic E-state index is 0.0616. The van der Waals surface area contributed by atoms with Crippen molar-refractivity contribution in [2.75, 3.05) is 11.6 Å². The lowest BCUT2D eigenvalue weighted by atomic mass is 10.1. The second-order valence-corrected chi connectivity index (χ2v) is 8.37. The Labute approximate surface area is 173 Å². The molecule has 0 bridgehead atoms. The van der Waals surface area contributed by atoms with E-state index in [1.54, 1.807) is 6.07 Å². The Kier molecular flexibility index (Phi) is 4.97. The van der Waals surface area contributed by atoms with Crippen LogP contribution in [0.2, 0.25) is 0 Å². The fourth-order valence-electron chi connectivity index (χ4n) is 2.70. The van der Waals surface area contributed by atoms with Gasteiger partial charge in [-0.1, -0.05) is 0 Å². The highest BCUT2D eigenvalue weighted by atomic mass is 32.2. The molecular weight excluding hydrogens is 435 g/mol. The summed E-state index contributed by atoms with van der Waals surface area (Å²) in [7, 11) is -3.39. The van der Waals surface area contributed by atoms with Crippen LogP contribution in [0.4, 0.5) is 24.7 Å². The van der Waals surface area contributed by atoms with E-state index in [-0.39, 0.29) is 21.8 Å². The van der Waals surface area contributed by atoms with Crippen LogP contribution < -0.4 is 5.32 Å². The summed E-state index contributed by atoms with van der Waals surface area (Å²) in [6, 6.07) is 5.25. The van der Waals surface area contributed by atoms with Crippen LogP contribution in [0.25, 0.3) is 22.6 Å². The van der Waals surface area contributed by atoms with Crippen LogP contribution in [0.3, 0.4) is 0 Å². The molecule has 0 aliphatic rings. The summed E-state index contributed by atoms with van der Waals surface area (Å²) in [5, 5.41) is 10.0. The summed E-state index contributed by atoms with van der Waals surface area (Å²) in [4.78, 5) is 16.5. The van der Waals surface area contributed by atoms with Gasteiger partial charge in [0.05, 0.1) is 28.5 Å². The van der Waals surface area contributed by atoms with Gasteiger partial charge < -0.3 is 5.32 Å². The molecule has 0 spiro atoms. The molecule has 0 atom stereocenters. The van der Waals surface area contributed by atoms with Crippen molar-refractivity contribution in [3.05, 3.63) is 54.6 Å². The zero-order valence-electron chi connectivity index (χ0n) is 15.7. The minimum atomic E-state index is -4.64. The van der Waals surface area contributed by atoms with Crippen molar-refractivity contribution in [3.8, 4) is 11.4 Å². The van der Waals surface area contributed by atoms with Crippen molar-refractivity contribution in [1.29, 1.82) is 0 Å². The summed E-state index contributed by atoms with van der Waals surface area (Å²) in [5.41, 5.74) is -0.790. The molecule has 0 saturated heterocycles. The average Bonchev–Trinajstić information content (AvgIpc) is 2.73. The number of alkyl halides is 3. The SMILES string of the molecule is CS(=O)(=O)c1ccc(Nc2ccnc3nc(-c4nnccc4C(F)(F)F)cnc23)nc1. The summed E-state index contributed by atoms with van der Waals surface area (Å²) in [6.07, 6.45) is 1.13. The van der Waals surface area contributed by atoms with Gasteiger partial charge >= 0.3 is 6.18 Å². The van der Waals surface area contributed by atoms with Gasteiger partial charge in [-0.2, -0.15) is 18.3 Å². The molecule has 0 radical (unpaired) electrons. The lowest BCUT2D eigenvalue weighted by molar-refractivity contribution is -0.137. The van der Waals surface area contributed by atoms with Crippen molar-refractivity contribution in [1.82, 2.24) is 30.1 Å². The van der Waals surface area contributed by atoms with Gasteiger partial charge in [0.2, 0.25) is 0 Å². The van der Waals surface area contributed by atoms with Gasteiger partial charge in [0, 0.05) is 18.6 Å². The first-order valence-electron chi connectivity index (χ1n) is 8.57. The highest BCUT2D eigenvalue weighted by Gasteiger charge is 2.35. The van der Waals surface area contributed by atoms with Gasteiger partial charge in [0.15, 0.2) is 15.5 Å². The molecule has 4 rings (SSSR count). The molecule has 0 aliphatic heterocycles. The Balaban J connectivity index is 1.72. The van der Waals surface area contributed by atoms with E-state index in [0.717, 1.165) is 24.7 Å². The molecule has 4 aromatic rings. The Bertz CT molecular complexity index is 1380. The first kappa shape index (κ1) is 20.5. The molecule has 0 aliphatic carbocycles. The number of rotatable bonds is 4. The summed E-state index contributed by atoms with van der Waals surface area (Å²) in [6.45, 7) is 0. The number of fused-ring (bicyclic) bond motifs is 1. The average molecular weight is 447 g/mol. The fraction of sp³-hybridized carbons (Fsp3) is 0.111. The molecule has 158 valence electrons. The van der Waals surface area contributed by atoms with Gasteiger partial charge in [-0.25, -0.2) is 28.4 Å². The number of halogens is 3. The number of nitrogens with zero attached hydrogens (tertiary/aromatic N) is 6. The second kappa shape index (κ2) is 7.50. The fourth-order valence-corrected chi connectivity index (χ4v) is 3.26. The Morgan fingerprint density at radius 3 is 2.45 bits per heavy atom. The van der Waals surface area contributed by atoms with Crippen LogP contribution in [0.5, 0.6) is 0 Å². The Morgan fingerprint density at radius 1 is 0.968 bits per heavy atom. The minimum Gasteiger partial charge on any atom is -0.338 e. The molecule has 31 heavy (non-hydrogen) atoms. The zero-order chi connectivity index (χ0) is 22.2. The Morgan fingerprint density at radius 2 is 1.77 bits per heavy atom. The number of nitrogens with one attached hydrogen (secondary N) is 1. The quantitative estimate of drug-likeness (QED) is 0.503. The first-order chi connectivity index (χ1) is 14.6. The van der Waals surface area contributed by atoms with Gasteiger partial charge in [0.25, 0.3) is 0 Å². The van der Waals surface area contributed by atoms with Crippen molar-refractivity contribution in [2.45, 2.75) is 11.1 Å². The smallest absolute Gasteiger partial charge is 0.338 e. The van der Waals surface area contributed by atoms with E-state index in [9.17, 15) is 21.6 Å². The predicted octanol–water partition coefficient (Wildman–Crippen LogP) is 3.04. The van der Waals surface area contributed by atoms with Crippen LogP contribution in [-0.4, -0.2) is 44.8 Å². The van der Waals surface area contributed by atoms with E-state index >= 15 is 0 Å². The predicted molar refractivity (Wildman–Crippen MR) is 104 cm³/mol. The van der Waals surface area contributed by atoms with E-state index in [2.05, 4.69) is 35.5 Å². The second-order valence-electron chi connectivity index (χ2n) is 6.35. The van der Waals surface area contributed by atoms with Crippen molar-refractivity contribution in [3.63, 3.8) is 0 Å². The maximum Gasteiger partial charge on any atom is 0.418 e. The van der Waals surface area contributed by atoms with E-state index < -0.39 is 27.3 Å². The summed E-state index contributed by atoms with van der Waals surface area (Å²) >= 11 is 0. The third-order valence-corrected chi connectivity index (χ3v) is 5.24. The van der Waals surface area contributed by atoms with Crippen molar-refractivity contribution in [2.24, 2.45) is 0 Å². The summed E-state index contributed by atoms with van der Waals surface area (Å²) < 4.78 is 62.9. The molecular formula is C18H12F3N7O2S. The van der Waals surface area contributed by atoms with Crippen LogP contribution in [-0.2, 0) is 16.0 Å². The van der Waals surface area contributed by atoms with Gasteiger partial charge in [-0.15, -0.1) is 5.10 Å². The van der Waals surface area contributed by atoms with Gasteiger partial charge in [-0.05, 0) is 24.3 Å². The number of pyridine rings is 2. The van der Waals surface area contributed by atoms with Gasteiger partial charge in [0.1, 0.15) is 22.7 Å². The lowest BCUT2D eigenvalue weighted by Gasteiger charge is -2.11. The number of hydrogen-bond donors (Lipinski definition) is 1. The molecule has 0 unspecified atom stereocenters. The van der Waals surface area contributed by atoms with E-state index in [1.165, 1.54) is 24.5 Å². The molecule has 9 nitrogen and oxygen atoms in total. The van der Waals surface area contributed by atoms with Crippen LogP contribution in [0.1, 0.15) is 5.56 Å². The molecule has 1 N–H and O–H groups in total. The maximum atomic E-state index is 13.3. The van der Waals surface area contributed by atoms with E-state index in [0.29, 0.717) is 11.5 Å². The number of hydrogen-bond acceptors (Lipinski definition) is 9. The Hall–Kier alpha value is -3.74. The van der Waals surface area contributed by atoms with E-state index in [1.807, 2.05) is 0 Å². The van der Waals surface area contributed by atoms with Gasteiger partial charge in [-0.3, -0.25) is 0 Å². The lowest BCUT2D eigenvalue weighted by Crippen LogP contribution is -2.10. The normalized spacial score (nSPS) is 12.1.